The van der Waals surface area contributed by atoms with Crippen LogP contribution in [0, 0.1) is 36.1 Å². The van der Waals surface area contributed by atoms with E-state index in [1.54, 1.807) is 0 Å². The number of hydrogen-bond donors (Lipinski definition) is 7. The van der Waals surface area contributed by atoms with E-state index in [2.05, 4.69) is 22.9 Å². The molecule has 0 aliphatic carbocycles. The van der Waals surface area contributed by atoms with E-state index in [0.717, 1.165) is 0 Å². The Labute approximate surface area is 99.4 Å². The van der Waals surface area contributed by atoms with Gasteiger partial charge in [-0.25, -0.2) is 4.79 Å². The van der Waals surface area contributed by atoms with Crippen molar-refractivity contribution in [2.24, 2.45) is 22.9 Å². The first-order valence-electron chi connectivity index (χ1n) is 2.70. The summed E-state index contributed by atoms with van der Waals surface area (Å²) < 4.78 is 0. The molecule has 0 rings (SSSR count). The highest BCUT2D eigenvalue weighted by atomic mass is 16.9. The Hall–Kier alpha value is -3.14. The minimum atomic E-state index is -1.75. The lowest BCUT2D eigenvalue weighted by atomic mass is 11.1. The topological polar surface area (TPSA) is 350 Å². The maximum atomic E-state index is 9.00. The fraction of sp³-hybridized carbons (Fsp3) is 0. The number of nitrogens with two attached hydrogens (primary N) is 4. The van der Waals surface area contributed by atoms with Gasteiger partial charge in [0, 0.05) is 0 Å². The Morgan fingerprint density at radius 2 is 0.833 bits per heavy atom. The molecule has 0 aromatic heterocycles. The molecular formula is C2H17N9O7. The number of rotatable bonds is 0. The second-order valence-electron chi connectivity index (χ2n) is 1.30. The predicted molar refractivity (Wildman–Crippen MR) is 62.6 cm³/mol. The van der Waals surface area contributed by atoms with E-state index >= 15 is 0 Å². The third-order valence-electron chi connectivity index (χ3n) is 0. The van der Waals surface area contributed by atoms with Crippen molar-refractivity contribution in [1.82, 2.24) is 12.3 Å². The molecule has 0 aliphatic heterocycles. The van der Waals surface area contributed by atoms with Gasteiger partial charge in [-0.3, -0.25) is 5.41 Å². The Morgan fingerprint density at radius 3 is 0.833 bits per heavy atom. The van der Waals surface area contributed by atoms with E-state index in [0.29, 0.717) is 0 Å². The van der Waals surface area contributed by atoms with Crippen LogP contribution in [0.3, 0.4) is 0 Å². The predicted octanol–water partition coefficient (Wildman–Crippen LogP) is -1.86. The van der Waals surface area contributed by atoms with Crippen molar-refractivity contribution in [3.05, 3.63) is 30.6 Å². The lowest BCUT2D eigenvalue weighted by molar-refractivity contribution is -0.403. The van der Waals surface area contributed by atoms with Crippen LogP contribution < -0.4 is 35.2 Å². The normalized spacial score (nSPS) is 5.33. The fourth-order valence-electron chi connectivity index (χ4n) is 0. The monoisotopic (exact) mass is 279 g/mol. The SMILES string of the molecule is N=C(N)N.NC(N)=O.O=[N+]([O-])[O-].O=[N+]([O-])[O-].[NH4+].[NH4+]. The van der Waals surface area contributed by atoms with Gasteiger partial charge in [0.25, 0.3) is 0 Å². The maximum absolute atomic E-state index is 9.00. The molecule has 17 N–H and O–H groups in total. The highest BCUT2D eigenvalue weighted by Crippen LogP contribution is 1.44. The molecule has 0 aromatic carbocycles. The van der Waals surface area contributed by atoms with Gasteiger partial charge in [-0.15, -0.1) is 0 Å². The number of carbonyl (C=O) groups is 1. The number of nitrogens with one attached hydrogen (secondary N) is 1. The van der Waals surface area contributed by atoms with Crippen molar-refractivity contribution < 1.29 is 15.0 Å². The fourth-order valence-corrected chi connectivity index (χ4v) is 0. The van der Waals surface area contributed by atoms with Gasteiger partial charge >= 0.3 is 6.03 Å². The Morgan fingerprint density at radius 1 is 0.833 bits per heavy atom. The van der Waals surface area contributed by atoms with Crippen molar-refractivity contribution in [3.63, 3.8) is 0 Å². The highest BCUT2D eigenvalue weighted by molar-refractivity contribution is 5.71. The summed E-state index contributed by atoms with van der Waals surface area (Å²) in [5.74, 6) is -0.333. The van der Waals surface area contributed by atoms with Gasteiger partial charge in [-0.2, -0.15) is 0 Å². The molecule has 0 radical (unpaired) electrons. The van der Waals surface area contributed by atoms with E-state index in [9.17, 15) is 0 Å². The molecule has 18 heavy (non-hydrogen) atoms. The van der Waals surface area contributed by atoms with Gasteiger partial charge in [0.1, 0.15) is 0 Å². The first kappa shape index (κ1) is 36.4. The minimum absolute atomic E-state index is 0. The average molecular weight is 279 g/mol. The summed E-state index contributed by atoms with van der Waals surface area (Å²) in [4.78, 5) is 25.5. The Kier molecular flexibility index (Phi) is 59.0. The number of carbonyl (C=O) groups excluding carboxylic acids is 1. The summed E-state index contributed by atoms with van der Waals surface area (Å²) in [5, 5.41) is 35.6. The first-order valence-corrected chi connectivity index (χ1v) is 2.70. The molecule has 0 fully saturated rings. The highest BCUT2D eigenvalue weighted by Gasteiger charge is 1.60. The van der Waals surface area contributed by atoms with Crippen LogP contribution in [-0.2, 0) is 0 Å². The smallest absolute Gasteiger partial charge is 0.309 e. The minimum Gasteiger partial charge on any atom is -0.370 e. The Bertz CT molecular complexity index is 165. The van der Waals surface area contributed by atoms with Crippen LogP contribution in [0.5, 0.6) is 0 Å². The lowest BCUT2D eigenvalue weighted by Gasteiger charge is -1.74. The summed E-state index contributed by atoms with van der Waals surface area (Å²) in [6, 6.07) is -0.833. The van der Waals surface area contributed by atoms with Crippen molar-refractivity contribution in [2.45, 2.75) is 0 Å². The summed E-state index contributed by atoms with van der Waals surface area (Å²) >= 11 is 0. The standard InChI is InChI=1S/CH5N3.CH4N2O.2NO3.2H3N/c4*2-1(3)4;;/h(H5,2,3,4);(H4,2,3,4);;;2*1H3/q;;2*-1;;/p+2. The molecule has 2 amide bonds. The summed E-state index contributed by atoms with van der Waals surface area (Å²) in [7, 11) is 0. The van der Waals surface area contributed by atoms with Crippen LogP contribution >= 0.6 is 0 Å². The molecule has 0 heterocycles. The first-order chi connectivity index (χ1) is 6.93. The zero-order valence-corrected chi connectivity index (χ0v) is 9.56. The van der Waals surface area contributed by atoms with Crippen LogP contribution in [0.1, 0.15) is 0 Å². The molecule has 0 bridgehead atoms. The number of nitrogens with zero attached hydrogens (tertiary/aromatic N) is 2. The van der Waals surface area contributed by atoms with Crippen LogP contribution in [-0.4, -0.2) is 22.2 Å². The molecule has 0 unspecified atom stereocenters. The van der Waals surface area contributed by atoms with Crippen LogP contribution in [0.25, 0.3) is 0 Å². The van der Waals surface area contributed by atoms with Gasteiger partial charge in [0.2, 0.25) is 0 Å². The number of urea groups is 1. The van der Waals surface area contributed by atoms with Crippen molar-refractivity contribution in [3.8, 4) is 0 Å². The molecule has 16 heteroatoms. The quantitative estimate of drug-likeness (QED) is 0.113. The van der Waals surface area contributed by atoms with E-state index < -0.39 is 16.2 Å². The van der Waals surface area contributed by atoms with Gasteiger partial charge in [-0.1, -0.05) is 0 Å². The average Bonchev–Trinajstić information content (AvgIpc) is 1.76. The molecule has 0 aromatic rings. The summed E-state index contributed by atoms with van der Waals surface area (Å²) in [6.45, 7) is 0. The van der Waals surface area contributed by atoms with Gasteiger partial charge in [0.15, 0.2) is 5.96 Å². The van der Waals surface area contributed by atoms with Crippen molar-refractivity contribution in [2.75, 3.05) is 0 Å². The zero-order chi connectivity index (χ0) is 14.3. The summed E-state index contributed by atoms with van der Waals surface area (Å²) in [5.41, 5.74) is 17.4. The van der Waals surface area contributed by atoms with Crippen LogP contribution in [0.2, 0.25) is 0 Å². The third-order valence-corrected chi connectivity index (χ3v) is 0. The molecular weight excluding hydrogens is 262 g/mol. The second kappa shape index (κ2) is 29.2. The zero-order valence-electron chi connectivity index (χ0n) is 9.56. The largest absolute Gasteiger partial charge is 0.370 e. The molecule has 112 valence electrons. The van der Waals surface area contributed by atoms with E-state index in [-0.39, 0.29) is 18.3 Å². The molecule has 0 aliphatic rings. The maximum Gasteiger partial charge on any atom is 0.309 e. The van der Waals surface area contributed by atoms with Crippen molar-refractivity contribution in [1.29, 1.82) is 5.41 Å². The van der Waals surface area contributed by atoms with Gasteiger partial charge < -0.3 is 65.9 Å². The number of amides is 2. The number of quaternary nitrogens is 2. The second-order valence-corrected chi connectivity index (χ2v) is 1.30. The molecule has 0 saturated carbocycles. The van der Waals surface area contributed by atoms with E-state index in [4.69, 9.17) is 40.8 Å². The number of guanidine groups is 1. The van der Waals surface area contributed by atoms with Gasteiger partial charge in [0.05, 0.1) is 10.2 Å². The van der Waals surface area contributed by atoms with E-state index in [1.807, 2.05) is 0 Å². The van der Waals surface area contributed by atoms with Crippen molar-refractivity contribution >= 4 is 12.0 Å². The molecule has 0 atom stereocenters. The molecule has 16 nitrogen and oxygen atoms in total. The Balaban J connectivity index is -0.0000000257. The third kappa shape index (κ3) is 183. The van der Waals surface area contributed by atoms with Gasteiger partial charge in [-0.05, 0) is 0 Å². The van der Waals surface area contributed by atoms with E-state index in [1.165, 1.54) is 0 Å². The number of hydrogen-bond acceptors (Lipinski definition) is 8. The lowest BCUT2D eigenvalue weighted by Crippen LogP contribution is -2.20. The van der Waals surface area contributed by atoms with Crippen LogP contribution in [0.4, 0.5) is 4.79 Å². The van der Waals surface area contributed by atoms with Crippen LogP contribution in [0.15, 0.2) is 0 Å². The summed E-state index contributed by atoms with van der Waals surface area (Å²) in [6.07, 6.45) is 0. The molecule has 0 spiro atoms. The molecule has 0 saturated heterocycles. The number of primary amides is 2.